The predicted octanol–water partition coefficient (Wildman–Crippen LogP) is 2.15. The summed E-state index contributed by atoms with van der Waals surface area (Å²) in [5, 5.41) is 2.70. The zero-order valence-corrected chi connectivity index (χ0v) is 13.1. The first-order valence-electron chi connectivity index (χ1n) is 6.81. The number of hydrogen-bond donors (Lipinski definition) is 3. The van der Waals surface area contributed by atoms with Gasteiger partial charge in [-0.05, 0) is 37.3 Å². The van der Waals surface area contributed by atoms with E-state index in [1.807, 2.05) is 29.6 Å². The van der Waals surface area contributed by atoms with Crippen molar-refractivity contribution in [3.05, 3.63) is 57.3 Å². The van der Waals surface area contributed by atoms with Gasteiger partial charge in [0.1, 0.15) is 10.6 Å². The number of nitrogen functional groups attached to an aromatic ring is 1. The molecule has 0 unspecified atom stereocenters. The van der Waals surface area contributed by atoms with Gasteiger partial charge in [0.15, 0.2) is 0 Å². The standard InChI is InChI=1S/C16H14N4O2S/c1-8-11(6-12(14(18)21)15(22)19-8)13-7-23-16(20-13)9-2-4-10(17)5-3-9/h2-7H,17H2,1H3,(H2,18,21)(H,19,22). The van der Waals surface area contributed by atoms with Crippen LogP contribution in [0.5, 0.6) is 0 Å². The summed E-state index contributed by atoms with van der Waals surface area (Å²) in [6.07, 6.45) is 0. The van der Waals surface area contributed by atoms with Gasteiger partial charge < -0.3 is 16.5 Å². The Morgan fingerprint density at radius 1 is 1.26 bits per heavy atom. The number of carbonyl (C=O) groups excluding carboxylic acids is 1. The number of aryl methyl sites for hydroxylation is 1. The number of benzene rings is 1. The Morgan fingerprint density at radius 3 is 2.61 bits per heavy atom. The van der Waals surface area contributed by atoms with Gasteiger partial charge in [0.2, 0.25) is 0 Å². The zero-order chi connectivity index (χ0) is 16.6. The van der Waals surface area contributed by atoms with Gasteiger partial charge in [0.25, 0.3) is 11.5 Å². The molecule has 1 aromatic carbocycles. The molecular weight excluding hydrogens is 312 g/mol. The van der Waals surface area contributed by atoms with Gasteiger partial charge in [-0.2, -0.15) is 0 Å². The molecule has 0 saturated heterocycles. The van der Waals surface area contributed by atoms with Crippen LogP contribution >= 0.6 is 11.3 Å². The monoisotopic (exact) mass is 326 g/mol. The van der Waals surface area contributed by atoms with E-state index in [4.69, 9.17) is 11.5 Å². The maximum Gasteiger partial charge on any atom is 0.261 e. The van der Waals surface area contributed by atoms with E-state index in [2.05, 4.69) is 9.97 Å². The first kappa shape index (κ1) is 15.0. The number of pyridine rings is 1. The van der Waals surface area contributed by atoms with Crippen molar-refractivity contribution in [1.29, 1.82) is 0 Å². The highest BCUT2D eigenvalue weighted by molar-refractivity contribution is 7.13. The third kappa shape index (κ3) is 2.86. The molecule has 2 aromatic heterocycles. The predicted molar refractivity (Wildman–Crippen MR) is 91.3 cm³/mol. The highest BCUT2D eigenvalue weighted by Crippen LogP contribution is 2.30. The zero-order valence-electron chi connectivity index (χ0n) is 12.3. The average Bonchev–Trinajstić information content (AvgIpc) is 2.97. The maximum absolute atomic E-state index is 11.7. The molecule has 5 N–H and O–H groups in total. The van der Waals surface area contributed by atoms with E-state index in [-0.39, 0.29) is 5.56 Å². The second-order valence-corrected chi connectivity index (χ2v) is 5.93. The minimum atomic E-state index is -0.763. The molecule has 0 atom stereocenters. The Bertz CT molecular complexity index is 941. The maximum atomic E-state index is 11.7. The summed E-state index contributed by atoms with van der Waals surface area (Å²) >= 11 is 1.47. The van der Waals surface area contributed by atoms with Gasteiger partial charge in [-0.15, -0.1) is 11.3 Å². The molecule has 1 amide bonds. The van der Waals surface area contributed by atoms with Crippen molar-refractivity contribution in [1.82, 2.24) is 9.97 Å². The van der Waals surface area contributed by atoms with Crippen molar-refractivity contribution in [3.63, 3.8) is 0 Å². The summed E-state index contributed by atoms with van der Waals surface area (Å²) in [5.41, 5.74) is 14.0. The number of rotatable bonds is 3. The average molecular weight is 326 g/mol. The molecule has 0 fully saturated rings. The van der Waals surface area contributed by atoms with Gasteiger partial charge in [0.05, 0.1) is 5.69 Å². The number of thiazole rings is 1. The van der Waals surface area contributed by atoms with Gasteiger partial charge in [-0.3, -0.25) is 9.59 Å². The summed E-state index contributed by atoms with van der Waals surface area (Å²) < 4.78 is 0. The number of aromatic amines is 1. The number of nitrogens with zero attached hydrogens (tertiary/aromatic N) is 1. The number of nitrogens with one attached hydrogen (secondary N) is 1. The number of nitrogens with two attached hydrogens (primary N) is 2. The molecule has 0 bridgehead atoms. The molecular formula is C16H14N4O2S. The minimum Gasteiger partial charge on any atom is -0.399 e. The van der Waals surface area contributed by atoms with Crippen LogP contribution in [0.2, 0.25) is 0 Å². The van der Waals surface area contributed by atoms with E-state index in [1.54, 1.807) is 6.92 Å². The fourth-order valence-corrected chi connectivity index (χ4v) is 3.05. The lowest BCUT2D eigenvalue weighted by molar-refractivity contribution is 0.0999. The van der Waals surface area contributed by atoms with Gasteiger partial charge in [0, 0.05) is 27.9 Å². The minimum absolute atomic E-state index is 0.0763. The van der Waals surface area contributed by atoms with Gasteiger partial charge >= 0.3 is 0 Å². The summed E-state index contributed by atoms with van der Waals surface area (Å²) in [7, 11) is 0. The molecule has 0 aliphatic rings. The van der Waals surface area contributed by atoms with Crippen LogP contribution < -0.4 is 17.0 Å². The topological polar surface area (TPSA) is 115 Å². The molecule has 0 spiro atoms. The molecule has 6 nitrogen and oxygen atoms in total. The highest BCUT2D eigenvalue weighted by Gasteiger charge is 2.14. The van der Waals surface area contributed by atoms with Crippen LogP contribution in [0, 0.1) is 6.92 Å². The number of amides is 1. The Kier molecular flexibility index (Phi) is 3.71. The van der Waals surface area contributed by atoms with Crippen molar-refractivity contribution < 1.29 is 4.79 Å². The second kappa shape index (κ2) is 5.69. The Morgan fingerprint density at radius 2 is 1.96 bits per heavy atom. The number of aromatic nitrogens is 2. The SMILES string of the molecule is Cc1[nH]c(=O)c(C(N)=O)cc1-c1csc(-c2ccc(N)cc2)n1. The molecule has 7 heteroatoms. The first-order valence-corrected chi connectivity index (χ1v) is 7.69. The molecule has 0 aliphatic heterocycles. The van der Waals surface area contributed by atoms with E-state index in [0.717, 1.165) is 10.6 Å². The van der Waals surface area contributed by atoms with Gasteiger partial charge in [-0.25, -0.2) is 4.98 Å². The molecule has 116 valence electrons. The third-order valence-electron chi connectivity index (χ3n) is 3.44. The van der Waals surface area contributed by atoms with E-state index >= 15 is 0 Å². The van der Waals surface area contributed by atoms with Crippen molar-refractivity contribution in [2.24, 2.45) is 5.73 Å². The number of H-pyrrole nitrogens is 1. The van der Waals surface area contributed by atoms with Gasteiger partial charge in [-0.1, -0.05) is 0 Å². The van der Waals surface area contributed by atoms with Crippen LogP contribution in [0.15, 0.2) is 40.5 Å². The third-order valence-corrected chi connectivity index (χ3v) is 4.33. The number of hydrogen-bond acceptors (Lipinski definition) is 5. The quantitative estimate of drug-likeness (QED) is 0.640. The molecule has 0 radical (unpaired) electrons. The summed E-state index contributed by atoms with van der Waals surface area (Å²) in [6.45, 7) is 1.75. The van der Waals surface area contributed by atoms with Crippen molar-refractivity contribution >= 4 is 22.9 Å². The molecule has 2 heterocycles. The fraction of sp³-hybridized carbons (Fsp3) is 0.0625. The molecule has 0 saturated carbocycles. The summed E-state index contributed by atoms with van der Waals surface area (Å²) in [6, 6.07) is 8.90. The summed E-state index contributed by atoms with van der Waals surface area (Å²) in [4.78, 5) is 30.3. The Labute approximate surface area is 135 Å². The van der Waals surface area contributed by atoms with Crippen molar-refractivity contribution in [3.8, 4) is 21.8 Å². The summed E-state index contributed by atoms with van der Waals surface area (Å²) in [5.74, 6) is -0.763. The van der Waals surface area contributed by atoms with Crippen LogP contribution in [0.3, 0.4) is 0 Å². The van der Waals surface area contributed by atoms with Crippen LogP contribution in [-0.2, 0) is 0 Å². The van der Waals surface area contributed by atoms with Crippen LogP contribution in [0.4, 0.5) is 5.69 Å². The van der Waals surface area contributed by atoms with Crippen molar-refractivity contribution in [2.45, 2.75) is 6.92 Å². The molecule has 23 heavy (non-hydrogen) atoms. The van der Waals surface area contributed by atoms with Crippen LogP contribution in [0.1, 0.15) is 16.1 Å². The van der Waals surface area contributed by atoms with E-state index in [0.29, 0.717) is 22.6 Å². The first-order chi connectivity index (χ1) is 11.0. The van der Waals surface area contributed by atoms with E-state index in [1.165, 1.54) is 17.4 Å². The van der Waals surface area contributed by atoms with E-state index < -0.39 is 11.5 Å². The molecule has 0 aliphatic carbocycles. The van der Waals surface area contributed by atoms with Crippen LogP contribution in [-0.4, -0.2) is 15.9 Å². The molecule has 3 rings (SSSR count). The smallest absolute Gasteiger partial charge is 0.261 e. The fourth-order valence-electron chi connectivity index (χ4n) is 2.23. The van der Waals surface area contributed by atoms with E-state index in [9.17, 15) is 9.59 Å². The number of anilines is 1. The normalized spacial score (nSPS) is 10.7. The number of primary amides is 1. The highest BCUT2D eigenvalue weighted by atomic mass is 32.1. The lowest BCUT2D eigenvalue weighted by Crippen LogP contribution is -2.24. The second-order valence-electron chi connectivity index (χ2n) is 5.07. The lowest BCUT2D eigenvalue weighted by atomic mass is 10.1. The largest absolute Gasteiger partial charge is 0.399 e. The van der Waals surface area contributed by atoms with Crippen molar-refractivity contribution in [2.75, 3.05) is 5.73 Å². The Balaban J connectivity index is 2.07. The number of carbonyl (C=O) groups is 1. The Hall–Kier alpha value is -2.93. The molecule has 3 aromatic rings. The van der Waals surface area contributed by atoms with Crippen LogP contribution in [0.25, 0.3) is 21.8 Å². The lowest BCUT2D eigenvalue weighted by Gasteiger charge is -2.04.